The minimum atomic E-state index is -0.933. The molecule has 0 atom stereocenters. The molecule has 0 nitrogen and oxygen atoms in total. The molecule has 0 saturated carbocycles. The van der Waals surface area contributed by atoms with Crippen LogP contribution >= 0.6 is 65.4 Å². The van der Waals surface area contributed by atoms with Gasteiger partial charge in [0.2, 0.25) is 0 Å². The third-order valence-electron chi connectivity index (χ3n) is 2.51. The van der Waals surface area contributed by atoms with Crippen molar-refractivity contribution in [1.82, 2.24) is 0 Å². The molecule has 5 heteroatoms. The molecule has 0 aromatic carbocycles. The maximum atomic E-state index is 2.93. The van der Waals surface area contributed by atoms with Gasteiger partial charge in [-0.05, 0) is 18.1 Å². The van der Waals surface area contributed by atoms with Crippen LogP contribution in [-0.2, 0) is 0 Å². The number of rotatable bonds is 7. The smallest absolute Gasteiger partial charge is 0.120 e. The molecule has 0 amide bonds. The first-order valence-electron chi connectivity index (χ1n) is 5.50. The first-order valence-corrected chi connectivity index (χ1v) is 20.5. The van der Waals surface area contributed by atoms with Gasteiger partial charge in [-0.2, -0.15) is 0 Å². The number of hydrogen-bond donors (Lipinski definition) is 0. The summed E-state index contributed by atoms with van der Waals surface area (Å²) < 4.78 is -0.933. The molecule has 0 heterocycles. The fraction of sp³-hybridized carbons (Fsp3) is 1.00. The lowest BCUT2D eigenvalue weighted by atomic mass is 10.6. The van der Waals surface area contributed by atoms with Crippen molar-refractivity contribution in [2.24, 2.45) is 0 Å². The van der Waals surface area contributed by atoms with Gasteiger partial charge in [0.25, 0.3) is 0 Å². The lowest BCUT2D eigenvalue weighted by Gasteiger charge is -2.35. The Morgan fingerprint density at radius 2 is 1.07 bits per heavy atom. The topological polar surface area (TPSA) is 0 Å². The van der Waals surface area contributed by atoms with Crippen LogP contribution in [0.3, 0.4) is 0 Å². The van der Waals surface area contributed by atoms with Crippen LogP contribution in [0.25, 0.3) is 0 Å². The van der Waals surface area contributed by atoms with E-state index in [4.69, 9.17) is 0 Å². The molecule has 14 heavy (non-hydrogen) atoms. The fourth-order valence-corrected chi connectivity index (χ4v) is 29.9. The Labute approximate surface area is 129 Å². The van der Waals surface area contributed by atoms with Gasteiger partial charge in [0, 0.05) is 0 Å². The summed E-state index contributed by atoms with van der Waals surface area (Å²) in [6.07, 6.45) is 4.20. The first-order chi connectivity index (χ1) is 6.43. The summed E-state index contributed by atoms with van der Waals surface area (Å²) in [6, 6.07) is 4.64. The van der Waals surface area contributed by atoms with Crippen molar-refractivity contribution in [3.8, 4) is 0 Å². The molecule has 0 fully saturated rings. The van der Waals surface area contributed by atoms with Crippen molar-refractivity contribution in [3.63, 3.8) is 0 Å². The van der Waals surface area contributed by atoms with Gasteiger partial charge in [0.15, 0.2) is 2.58 Å². The van der Waals surface area contributed by atoms with E-state index in [1.165, 1.54) is 25.3 Å². The molecule has 0 aliphatic rings. The van der Waals surface area contributed by atoms with Crippen molar-refractivity contribution >= 4 is 73.1 Å². The van der Waals surface area contributed by atoms with Crippen molar-refractivity contribution in [2.45, 2.75) is 58.2 Å². The molecule has 0 aliphatic heterocycles. The highest BCUT2D eigenvalue weighted by Crippen LogP contribution is 2.46. The molecule has 0 N–H and O–H groups in total. The van der Waals surface area contributed by atoms with Crippen molar-refractivity contribution in [3.05, 3.63) is 0 Å². The minimum Gasteiger partial charge on any atom is -0.120 e. The second kappa shape index (κ2) is 7.86. The van der Waals surface area contributed by atoms with Crippen molar-refractivity contribution in [2.75, 3.05) is 0 Å². The van der Waals surface area contributed by atoms with Crippen LogP contribution in [0.5, 0.6) is 0 Å². The van der Waals surface area contributed by atoms with Gasteiger partial charge in [-0.3, -0.25) is 0 Å². The second-order valence-electron chi connectivity index (χ2n) is 3.92. The average Bonchev–Trinajstić information content (AvgIpc) is 2.04. The zero-order valence-corrected chi connectivity index (χ0v) is 17.8. The molecule has 0 aromatic rings. The predicted molar refractivity (Wildman–Crippen MR) is 98.9 cm³/mol. The summed E-state index contributed by atoms with van der Waals surface area (Å²) >= 11 is 8.69. The van der Waals surface area contributed by atoms with Crippen molar-refractivity contribution in [1.29, 1.82) is 0 Å². The largest absolute Gasteiger partial charge is 0.194 e. The van der Waals surface area contributed by atoms with E-state index in [1.807, 2.05) is 0 Å². The van der Waals surface area contributed by atoms with Gasteiger partial charge in [-0.25, -0.2) is 0 Å². The van der Waals surface area contributed by atoms with Gasteiger partial charge < -0.3 is 0 Å². The van der Waals surface area contributed by atoms with E-state index in [9.17, 15) is 0 Å². The van der Waals surface area contributed by atoms with E-state index in [2.05, 4.69) is 86.2 Å². The Morgan fingerprint density at radius 1 is 0.714 bits per heavy atom. The molecule has 0 bridgehead atoms. The van der Waals surface area contributed by atoms with E-state index in [0.29, 0.717) is 0 Å². The van der Waals surface area contributed by atoms with E-state index in [0.717, 1.165) is 0 Å². The van der Waals surface area contributed by atoms with Crippen LogP contribution in [0.2, 0.25) is 18.1 Å². The molecular weight excluding hydrogens is 545 g/mol. The summed E-state index contributed by atoms with van der Waals surface area (Å²) in [5, 5.41) is -0.916. The van der Waals surface area contributed by atoms with E-state index >= 15 is 0 Å². The SMILES string of the molecule is CCC[Si](I)(I)[Si](I)(CCC)CCC. The zero-order chi connectivity index (χ0) is 11.2. The molecule has 0 unspecified atom stereocenters. The standard InChI is InChI=1S/C9H21I3Si2/c1-4-7-13(10,8-5-2)14(11,12)9-6-3/h4-9H2,1-3H3. The van der Waals surface area contributed by atoms with Gasteiger partial charge >= 0.3 is 0 Å². The molecule has 0 saturated heterocycles. The van der Waals surface area contributed by atoms with Gasteiger partial charge in [-0.1, -0.05) is 40.0 Å². The summed E-state index contributed by atoms with van der Waals surface area (Å²) in [7, 11) is 0. The summed E-state index contributed by atoms with van der Waals surface area (Å²) in [5.74, 6) is 0. The Balaban J connectivity index is 4.59. The maximum absolute atomic E-state index is 2.93. The maximum Gasteiger partial charge on any atom is 0.194 e. The van der Waals surface area contributed by atoms with Crippen LogP contribution in [0.1, 0.15) is 40.0 Å². The Hall–Kier alpha value is 2.62. The van der Waals surface area contributed by atoms with Crippen LogP contribution < -0.4 is 0 Å². The van der Waals surface area contributed by atoms with E-state index in [1.54, 1.807) is 12.1 Å². The lowest BCUT2D eigenvalue weighted by Crippen LogP contribution is -2.49. The molecule has 0 radical (unpaired) electrons. The van der Waals surface area contributed by atoms with E-state index in [-0.39, 0.29) is 0 Å². The molecule has 0 rings (SSSR count). The zero-order valence-electron chi connectivity index (χ0n) is 9.38. The van der Waals surface area contributed by atoms with Gasteiger partial charge in [0.1, 0.15) is 5.09 Å². The molecule has 0 aromatic heterocycles. The van der Waals surface area contributed by atoms with Crippen molar-refractivity contribution < 1.29 is 0 Å². The Kier molecular flexibility index (Phi) is 9.33. The van der Waals surface area contributed by atoms with Gasteiger partial charge in [0.05, 0.1) is 0 Å². The monoisotopic (exact) mass is 566 g/mol. The van der Waals surface area contributed by atoms with Crippen LogP contribution in [-0.4, -0.2) is 7.67 Å². The summed E-state index contributed by atoms with van der Waals surface area (Å²) in [6.45, 7) is 7.07. The van der Waals surface area contributed by atoms with E-state index < -0.39 is 7.67 Å². The van der Waals surface area contributed by atoms with Crippen LogP contribution in [0.4, 0.5) is 0 Å². The summed E-state index contributed by atoms with van der Waals surface area (Å²) in [5.41, 5.74) is 0. The average molecular weight is 566 g/mol. The lowest BCUT2D eigenvalue weighted by molar-refractivity contribution is 1.01. The highest BCUT2D eigenvalue weighted by molar-refractivity contribution is 14.3. The normalized spacial score (nSPS) is 13.3. The molecule has 0 spiro atoms. The second-order valence-corrected chi connectivity index (χ2v) is 46.8. The predicted octanol–water partition coefficient (Wildman–Crippen LogP) is 5.99. The first kappa shape index (κ1) is 16.6. The number of hydrogen-bond acceptors (Lipinski definition) is 0. The van der Waals surface area contributed by atoms with Crippen LogP contribution in [0.15, 0.2) is 0 Å². The minimum absolute atomic E-state index is 0.916. The molecule has 86 valence electrons. The van der Waals surface area contributed by atoms with Gasteiger partial charge in [-0.15, -0.1) is 65.4 Å². The molecular formula is C9H21I3Si2. The molecule has 0 aliphatic carbocycles. The van der Waals surface area contributed by atoms with Crippen LogP contribution in [0, 0.1) is 0 Å². The summed E-state index contributed by atoms with van der Waals surface area (Å²) in [4.78, 5) is 0. The number of halogens is 3. The quantitative estimate of drug-likeness (QED) is 0.202. The third-order valence-corrected chi connectivity index (χ3v) is 65.6. The third kappa shape index (κ3) is 4.86. The fourth-order valence-electron chi connectivity index (χ4n) is 1.82. The highest BCUT2D eigenvalue weighted by Gasteiger charge is 2.48. The Bertz CT molecular complexity index is 156. The Morgan fingerprint density at radius 3 is 1.36 bits per heavy atom. The highest BCUT2D eigenvalue weighted by atomic mass is 127.